The smallest absolute Gasteiger partial charge is 0.000167 e. The third kappa shape index (κ3) is 3.45. The summed E-state index contributed by atoms with van der Waals surface area (Å²) in [6.07, 6.45) is 1.01. The van der Waals surface area contributed by atoms with Crippen molar-refractivity contribution in [2.45, 2.75) is 33.1 Å². The van der Waals surface area contributed by atoms with Crippen molar-refractivity contribution in [2.75, 3.05) is 6.54 Å². The van der Waals surface area contributed by atoms with Crippen LogP contribution in [0.25, 0.3) is 0 Å². The quantitative estimate of drug-likeness (QED) is 0.878. The summed E-state index contributed by atoms with van der Waals surface area (Å²) in [7, 11) is 0. The van der Waals surface area contributed by atoms with Gasteiger partial charge in [-0.25, -0.2) is 0 Å². The predicted octanol–water partition coefficient (Wildman–Crippen LogP) is 3.90. The van der Waals surface area contributed by atoms with E-state index in [9.17, 15) is 0 Å². The molecule has 0 aliphatic heterocycles. The Morgan fingerprint density at radius 3 is 2.16 bits per heavy atom. The van der Waals surface area contributed by atoms with Crippen LogP contribution in [0.5, 0.6) is 0 Å². The standard InChI is InChI=1S/C18H23N/c1-13-4-7-16(8-5-13)11-18(12-19)17-9-6-14(2)15(3)10-17/h4-10,18H,11-12,19H2,1-3H3. The number of hydrogen-bond acceptors (Lipinski definition) is 1. The van der Waals surface area contributed by atoms with Gasteiger partial charge in [0.15, 0.2) is 0 Å². The average Bonchev–Trinajstić information content (AvgIpc) is 2.41. The fraction of sp³-hybridized carbons (Fsp3) is 0.333. The fourth-order valence-electron chi connectivity index (χ4n) is 2.36. The number of benzene rings is 2. The molecule has 2 aromatic carbocycles. The van der Waals surface area contributed by atoms with Crippen molar-refractivity contribution in [1.82, 2.24) is 0 Å². The Kier molecular flexibility index (Phi) is 4.39. The van der Waals surface area contributed by atoms with Gasteiger partial charge in [0, 0.05) is 5.92 Å². The first-order chi connectivity index (χ1) is 9.10. The van der Waals surface area contributed by atoms with E-state index in [-0.39, 0.29) is 0 Å². The van der Waals surface area contributed by atoms with E-state index in [0.717, 1.165) is 6.42 Å². The van der Waals surface area contributed by atoms with Gasteiger partial charge in [0.25, 0.3) is 0 Å². The second kappa shape index (κ2) is 6.03. The van der Waals surface area contributed by atoms with E-state index in [1.807, 2.05) is 0 Å². The molecule has 0 amide bonds. The van der Waals surface area contributed by atoms with E-state index in [1.54, 1.807) is 0 Å². The molecule has 0 aliphatic carbocycles. The maximum absolute atomic E-state index is 5.97. The van der Waals surface area contributed by atoms with Crippen LogP contribution in [0.3, 0.4) is 0 Å². The molecule has 0 spiro atoms. The van der Waals surface area contributed by atoms with Crippen molar-refractivity contribution in [1.29, 1.82) is 0 Å². The minimum absolute atomic E-state index is 0.405. The third-order valence-corrected chi connectivity index (χ3v) is 3.89. The Balaban J connectivity index is 2.19. The van der Waals surface area contributed by atoms with Gasteiger partial charge in [0.05, 0.1) is 0 Å². The first-order valence-electron chi connectivity index (χ1n) is 6.93. The lowest BCUT2D eigenvalue weighted by Crippen LogP contribution is -2.15. The number of hydrogen-bond donors (Lipinski definition) is 1. The Morgan fingerprint density at radius 2 is 1.58 bits per heavy atom. The molecular formula is C18H23N. The number of rotatable bonds is 4. The zero-order valence-corrected chi connectivity index (χ0v) is 12.1. The summed E-state index contributed by atoms with van der Waals surface area (Å²) in [4.78, 5) is 0. The first-order valence-corrected chi connectivity index (χ1v) is 6.93. The largest absolute Gasteiger partial charge is 0.330 e. The average molecular weight is 253 g/mol. The molecule has 0 radical (unpaired) electrons. The van der Waals surface area contributed by atoms with E-state index in [2.05, 4.69) is 63.2 Å². The zero-order chi connectivity index (χ0) is 13.8. The van der Waals surface area contributed by atoms with E-state index in [4.69, 9.17) is 5.73 Å². The molecule has 0 heterocycles. The van der Waals surface area contributed by atoms with Gasteiger partial charge in [0.1, 0.15) is 0 Å². The van der Waals surface area contributed by atoms with Crippen LogP contribution >= 0.6 is 0 Å². The van der Waals surface area contributed by atoms with Gasteiger partial charge in [-0.15, -0.1) is 0 Å². The molecule has 0 aromatic heterocycles. The topological polar surface area (TPSA) is 26.0 Å². The van der Waals surface area contributed by atoms with E-state index >= 15 is 0 Å². The highest BCUT2D eigenvalue weighted by molar-refractivity contribution is 5.33. The molecule has 1 unspecified atom stereocenters. The molecule has 0 bridgehead atoms. The second-order valence-electron chi connectivity index (χ2n) is 5.47. The maximum Gasteiger partial charge on any atom is 0.000167 e. The Hall–Kier alpha value is -1.60. The maximum atomic E-state index is 5.97. The van der Waals surface area contributed by atoms with E-state index in [1.165, 1.54) is 27.8 Å². The lowest BCUT2D eigenvalue weighted by molar-refractivity contribution is 0.693. The highest BCUT2D eigenvalue weighted by atomic mass is 14.5. The molecule has 100 valence electrons. The normalized spacial score (nSPS) is 12.4. The van der Waals surface area contributed by atoms with Gasteiger partial charge in [0.2, 0.25) is 0 Å². The molecule has 0 saturated carbocycles. The molecular weight excluding hydrogens is 230 g/mol. The summed E-state index contributed by atoms with van der Waals surface area (Å²) < 4.78 is 0. The Labute approximate surface area is 116 Å². The second-order valence-corrected chi connectivity index (χ2v) is 5.47. The summed E-state index contributed by atoms with van der Waals surface area (Å²) in [5.41, 5.74) is 12.7. The van der Waals surface area contributed by atoms with Crippen molar-refractivity contribution in [3.63, 3.8) is 0 Å². The van der Waals surface area contributed by atoms with Crippen molar-refractivity contribution in [2.24, 2.45) is 5.73 Å². The lowest BCUT2D eigenvalue weighted by Gasteiger charge is -2.17. The van der Waals surface area contributed by atoms with Gasteiger partial charge in [-0.3, -0.25) is 0 Å². The number of nitrogens with two attached hydrogens (primary N) is 1. The van der Waals surface area contributed by atoms with Gasteiger partial charge in [-0.2, -0.15) is 0 Å². The van der Waals surface area contributed by atoms with Crippen LogP contribution in [0, 0.1) is 20.8 Å². The minimum Gasteiger partial charge on any atom is -0.330 e. The molecule has 0 aliphatic rings. The molecule has 1 heteroatoms. The molecule has 0 fully saturated rings. The number of aryl methyl sites for hydroxylation is 3. The molecule has 1 nitrogen and oxygen atoms in total. The van der Waals surface area contributed by atoms with E-state index < -0.39 is 0 Å². The Bertz CT molecular complexity index is 540. The van der Waals surface area contributed by atoms with Crippen LogP contribution in [-0.2, 0) is 6.42 Å². The van der Waals surface area contributed by atoms with Crippen molar-refractivity contribution in [3.8, 4) is 0 Å². The highest BCUT2D eigenvalue weighted by Crippen LogP contribution is 2.22. The highest BCUT2D eigenvalue weighted by Gasteiger charge is 2.11. The van der Waals surface area contributed by atoms with Crippen LogP contribution in [0.4, 0.5) is 0 Å². The summed E-state index contributed by atoms with van der Waals surface area (Å²) in [6.45, 7) is 7.12. The van der Waals surface area contributed by atoms with Crippen LogP contribution in [0.15, 0.2) is 42.5 Å². The Morgan fingerprint density at radius 1 is 0.895 bits per heavy atom. The van der Waals surface area contributed by atoms with Crippen molar-refractivity contribution >= 4 is 0 Å². The monoisotopic (exact) mass is 253 g/mol. The molecule has 19 heavy (non-hydrogen) atoms. The summed E-state index contributed by atoms with van der Waals surface area (Å²) in [5.74, 6) is 0.405. The molecule has 2 aromatic rings. The minimum atomic E-state index is 0.405. The summed E-state index contributed by atoms with van der Waals surface area (Å²) in [5, 5.41) is 0. The third-order valence-electron chi connectivity index (χ3n) is 3.89. The van der Waals surface area contributed by atoms with Gasteiger partial charge in [-0.05, 0) is 56.0 Å². The first kappa shape index (κ1) is 13.8. The van der Waals surface area contributed by atoms with Crippen LogP contribution < -0.4 is 5.73 Å². The molecule has 1 atom stereocenters. The SMILES string of the molecule is Cc1ccc(CC(CN)c2ccc(C)c(C)c2)cc1. The van der Waals surface area contributed by atoms with Gasteiger partial charge < -0.3 is 5.73 Å². The summed E-state index contributed by atoms with van der Waals surface area (Å²) >= 11 is 0. The van der Waals surface area contributed by atoms with Crippen LogP contribution in [0.2, 0.25) is 0 Å². The van der Waals surface area contributed by atoms with Crippen molar-refractivity contribution < 1.29 is 0 Å². The van der Waals surface area contributed by atoms with Crippen molar-refractivity contribution in [3.05, 3.63) is 70.3 Å². The van der Waals surface area contributed by atoms with Gasteiger partial charge >= 0.3 is 0 Å². The fourth-order valence-corrected chi connectivity index (χ4v) is 2.36. The van der Waals surface area contributed by atoms with E-state index in [0.29, 0.717) is 12.5 Å². The summed E-state index contributed by atoms with van der Waals surface area (Å²) in [6, 6.07) is 15.4. The predicted molar refractivity (Wildman–Crippen MR) is 82.6 cm³/mol. The molecule has 2 N–H and O–H groups in total. The van der Waals surface area contributed by atoms with Crippen LogP contribution in [0.1, 0.15) is 33.7 Å². The molecule has 2 rings (SSSR count). The molecule has 0 saturated heterocycles. The zero-order valence-electron chi connectivity index (χ0n) is 12.1. The van der Waals surface area contributed by atoms with Crippen LogP contribution in [-0.4, -0.2) is 6.54 Å². The van der Waals surface area contributed by atoms with Gasteiger partial charge in [-0.1, -0.05) is 48.0 Å². The lowest BCUT2D eigenvalue weighted by atomic mass is 9.90.